The lowest BCUT2D eigenvalue weighted by molar-refractivity contribution is 0.0583. The number of amides is 1. The Morgan fingerprint density at radius 2 is 1.61 bits per heavy atom. The lowest BCUT2D eigenvalue weighted by Crippen LogP contribution is -2.43. The number of hydrogen-bond acceptors (Lipinski definition) is 6. The molecule has 4 aromatic rings. The van der Waals surface area contributed by atoms with Gasteiger partial charge < -0.3 is 23.8 Å². The van der Waals surface area contributed by atoms with Gasteiger partial charge in [0.25, 0.3) is 5.91 Å². The molecule has 0 saturated carbocycles. The van der Waals surface area contributed by atoms with E-state index in [1.165, 1.54) is 0 Å². The minimum Gasteiger partial charge on any atom is -0.497 e. The zero-order valence-electron chi connectivity index (χ0n) is 20.6. The van der Waals surface area contributed by atoms with Crippen LogP contribution in [0.1, 0.15) is 27.7 Å². The predicted octanol–water partition coefficient (Wildman–Crippen LogP) is 5.08. The first-order valence-electron chi connectivity index (χ1n) is 11.8. The van der Waals surface area contributed by atoms with Crippen molar-refractivity contribution in [2.24, 2.45) is 0 Å². The van der Waals surface area contributed by atoms with E-state index in [-0.39, 0.29) is 18.6 Å². The maximum Gasteiger partial charge on any atom is 0.273 e. The Hall–Kier alpha value is -4.26. The maximum absolute atomic E-state index is 13.8. The van der Waals surface area contributed by atoms with E-state index in [9.17, 15) is 4.79 Å². The van der Waals surface area contributed by atoms with Crippen molar-refractivity contribution in [1.29, 1.82) is 0 Å². The number of pyridine rings is 1. The number of hydrogen-bond donors (Lipinski definition) is 0. The second kappa shape index (κ2) is 10.2. The molecule has 0 radical (unpaired) electrons. The molecule has 0 spiro atoms. The van der Waals surface area contributed by atoms with E-state index in [4.69, 9.17) is 18.9 Å². The average Bonchev–Trinajstić information content (AvgIpc) is 2.94. The fourth-order valence-corrected chi connectivity index (χ4v) is 4.63. The van der Waals surface area contributed by atoms with Gasteiger partial charge in [-0.2, -0.15) is 0 Å². The Labute approximate surface area is 210 Å². The fourth-order valence-electron chi connectivity index (χ4n) is 4.63. The minimum atomic E-state index is -0.337. The highest BCUT2D eigenvalue weighted by molar-refractivity contribution is 5.95. The summed E-state index contributed by atoms with van der Waals surface area (Å²) in [5.74, 6) is 2.59. The Morgan fingerprint density at radius 1 is 0.889 bits per heavy atom. The Bertz CT molecular complexity index is 1390. The van der Waals surface area contributed by atoms with Crippen molar-refractivity contribution in [2.75, 3.05) is 34.5 Å². The average molecular weight is 485 g/mol. The lowest BCUT2D eigenvalue weighted by atomic mass is 9.91. The van der Waals surface area contributed by atoms with Crippen LogP contribution in [0.4, 0.5) is 0 Å². The molecular weight excluding hydrogens is 456 g/mol. The molecule has 1 aliphatic rings. The normalized spacial score (nSPS) is 14.8. The zero-order chi connectivity index (χ0) is 25.1. The van der Waals surface area contributed by atoms with Gasteiger partial charge in [-0.15, -0.1) is 0 Å². The number of para-hydroxylation sites is 1. The van der Waals surface area contributed by atoms with Crippen molar-refractivity contribution in [1.82, 2.24) is 9.88 Å². The molecule has 184 valence electrons. The molecule has 0 aliphatic carbocycles. The third kappa shape index (κ3) is 4.52. The molecule has 5 rings (SSSR count). The highest BCUT2D eigenvalue weighted by Gasteiger charge is 2.34. The van der Waals surface area contributed by atoms with Gasteiger partial charge in [0, 0.05) is 11.9 Å². The molecule has 7 heteroatoms. The molecule has 1 unspecified atom stereocenters. The smallest absolute Gasteiger partial charge is 0.273 e. The SMILES string of the molecule is COc1ccc(OCC2c3cc(OC)c(OC)cc3CCN2C(=O)c2ccc3ccccc3n2)cc1. The molecule has 1 atom stereocenters. The second-order valence-corrected chi connectivity index (χ2v) is 8.55. The first-order valence-corrected chi connectivity index (χ1v) is 11.8. The van der Waals surface area contributed by atoms with Crippen LogP contribution in [0, 0.1) is 0 Å². The van der Waals surface area contributed by atoms with E-state index < -0.39 is 0 Å². The molecule has 1 aliphatic heterocycles. The first kappa shape index (κ1) is 23.5. The summed E-state index contributed by atoms with van der Waals surface area (Å²) in [6, 6.07) is 22.5. The number of methoxy groups -OCH3 is 3. The third-order valence-corrected chi connectivity index (χ3v) is 6.55. The van der Waals surface area contributed by atoms with Crippen LogP contribution in [0.15, 0.2) is 72.8 Å². The van der Waals surface area contributed by atoms with Gasteiger partial charge in [0.2, 0.25) is 0 Å². The first-order chi connectivity index (χ1) is 17.6. The number of aromatic nitrogens is 1. The van der Waals surface area contributed by atoms with Crippen molar-refractivity contribution in [3.8, 4) is 23.0 Å². The van der Waals surface area contributed by atoms with Crippen molar-refractivity contribution >= 4 is 16.8 Å². The van der Waals surface area contributed by atoms with Crippen molar-refractivity contribution < 1.29 is 23.7 Å². The molecule has 1 amide bonds. The summed E-state index contributed by atoms with van der Waals surface area (Å²) in [5, 5.41) is 0.995. The Balaban J connectivity index is 1.50. The number of ether oxygens (including phenoxy) is 4. The highest BCUT2D eigenvalue weighted by Crippen LogP contribution is 2.39. The molecular formula is C29H28N2O5. The topological polar surface area (TPSA) is 70.1 Å². The van der Waals surface area contributed by atoms with Crippen LogP contribution in [-0.2, 0) is 6.42 Å². The van der Waals surface area contributed by atoms with Crippen molar-refractivity contribution in [2.45, 2.75) is 12.5 Å². The van der Waals surface area contributed by atoms with Gasteiger partial charge in [0.15, 0.2) is 11.5 Å². The predicted molar refractivity (Wildman–Crippen MR) is 137 cm³/mol. The van der Waals surface area contributed by atoms with Crippen LogP contribution in [0.3, 0.4) is 0 Å². The van der Waals surface area contributed by atoms with Gasteiger partial charge in [-0.3, -0.25) is 4.79 Å². The fraction of sp³-hybridized carbons (Fsp3) is 0.241. The number of nitrogens with zero attached hydrogens (tertiary/aromatic N) is 2. The second-order valence-electron chi connectivity index (χ2n) is 8.55. The molecule has 0 N–H and O–H groups in total. The van der Waals surface area contributed by atoms with Gasteiger partial charge in [-0.05, 0) is 66.1 Å². The van der Waals surface area contributed by atoms with Crippen LogP contribution in [0.25, 0.3) is 10.9 Å². The standard InChI is InChI=1S/C29H28N2O5/c1-33-21-9-11-22(12-10-21)36-18-26-23-17-28(35-3)27(34-2)16-20(23)14-15-31(26)29(32)25-13-8-19-6-4-5-7-24(19)30-25/h4-13,16-17,26H,14-15,18H2,1-3H3. The van der Waals surface area contributed by atoms with Crippen LogP contribution in [0.5, 0.6) is 23.0 Å². The third-order valence-electron chi connectivity index (χ3n) is 6.55. The monoisotopic (exact) mass is 484 g/mol. The lowest BCUT2D eigenvalue weighted by Gasteiger charge is -2.37. The molecule has 0 fully saturated rings. The van der Waals surface area contributed by atoms with Crippen molar-refractivity contribution in [3.63, 3.8) is 0 Å². The van der Waals surface area contributed by atoms with Gasteiger partial charge in [-0.1, -0.05) is 24.3 Å². The highest BCUT2D eigenvalue weighted by atomic mass is 16.5. The van der Waals surface area contributed by atoms with E-state index >= 15 is 0 Å². The number of rotatable bonds is 7. The van der Waals surface area contributed by atoms with Crippen LogP contribution >= 0.6 is 0 Å². The summed E-state index contributed by atoms with van der Waals surface area (Å²) >= 11 is 0. The number of carbonyl (C=O) groups is 1. The summed E-state index contributed by atoms with van der Waals surface area (Å²) in [6.07, 6.45) is 0.689. The molecule has 2 heterocycles. The molecule has 3 aromatic carbocycles. The minimum absolute atomic E-state index is 0.135. The largest absolute Gasteiger partial charge is 0.497 e. The maximum atomic E-state index is 13.8. The quantitative estimate of drug-likeness (QED) is 0.364. The van der Waals surface area contributed by atoms with Gasteiger partial charge in [0.1, 0.15) is 23.8 Å². The molecule has 1 aromatic heterocycles. The van der Waals surface area contributed by atoms with Gasteiger partial charge in [0.05, 0.1) is 32.9 Å². The molecule has 0 bridgehead atoms. The van der Waals surface area contributed by atoms with E-state index in [0.717, 1.165) is 27.8 Å². The summed E-state index contributed by atoms with van der Waals surface area (Å²) in [6.45, 7) is 0.806. The van der Waals surface area contributed by atoms with Crippen molar-refractivity contribution in [3.05, 3.63) is 89.6 Å². The summed E-state index contributed by atoms with van der Waals surface area (Å²) in [5.41, 5.74) is 3.28. The van der Waals surface area contributed by atoms with Gasteiger partial charge in [-0.25, -0.2) is 4.98 Å². The molecule has 7 nitrogen and oxygen atoms in total. The summed E-state index contributed by atoms with van der Waals surface area (Å²) in [4.78, 5) is 20.3. The zero-order valence-corrected chi connectivity index (χ0v) is 20.6. The summed E-state index contributed by atoms with van der Waals surface area (Å²) < 4.78 is 22.5. The molecule has 0 saturated heterocycles. The van der Waals surface area contributed by atoms with Crippen LogP contribution < -0.4 is 18.9 Å². The van der Waals surface area contributed by atoms with E-state index in [1.54, 1.807) is 27.4 Å². The summed E-state index contributed by atoms with van der Waals surface area (Å²) in [7, 11) is 4.86. The number of benzene rings is 3. The van der Waals surface area contributed by atoms with Crippen LogP contribution in [0.2, 0.25) is 0 Å². The number of carbonyl (C=O) groups excluding carboxylic acids is 1. The van der Waals surface area contributed by atoms with Crippen LogP contribution in [-0.4, -0.2) is 50.3 Å². The number of fused-ring (bicyclic) bond motifs is 2. The Morgan fingerprint density at radius 3 is 2.36 bits per heavy atom. The van der Waals surface area contributed by atoms with E-state index in [2.05, 4.69) is 4.98 Å². The Kier molecular flexibility index (Phi) is 6.62. The van der Waals surface area contributed by atoms with E-state index in [1.807, 2.05) is 71.6 Å². The van der Waals surface area contributed by atoms with Gasteiger partial charge >= 0.3 is 0 Å². The van der Waals surface area contributed by atoms with E-state index in [0.29, 0.717) is 35.9 Å². The molecule has 36 heavy (non-hydrogen) atoms.